The van der Waals surface area contributed by atoms with Gasteiger partial charge in [-0.3, -0.25) is 19.1 Å². The predicted molar refractivity (Wildman–Crippen MR) is 141 cm³/mol. The third kappa shape index (κ3) is 4.98. The van der Waals surface area contributed by atoms with Gasteiger partial charge in [-0.1, -0.05) is 6.07 Å². The number of benzene rings is 1. The van der Waals surface area contributed by atoms with Gasteiger partial charge in [0.15, 0.2) is 11.6 Å². The van der Waals surface area contributed by atoms with E-state index in [9.17, 15) is 18.8 Å². The van der Waals surface area contributed by atoms with Crippen molar-refractivity contribution >= 4 is 39.7 Å². The van der Waals surface area contributed by atoms with Gasteiger partial charge in [-0.05, 0) is 38.5 Å². The molecule has 196 valence electrons. The minimum absolute atomic E-state index is 0.0333. The molecular formula is C27H27FN6O3S. The first-order valence-electron chi connectivity index (χ1n) is 12.3. The Bertz CT molecular complexity index is 1540. The molecule has 0 aliphatic carbocycles. The average molecular weight is 535 g/mol. The topological polar surface area (TPSA) is 111 Å². The van der Waals surface area contributed by atoms with Crippen molar-refractivity contribution in [3.63, 3.8) is 0 Å². The normalized spacial score (nSPS) is 17.3. The molecule has 1 amide bonds. The Hall–Kier alpha value is -3.86. The van der Waals surface area contributed by atoms with E-state index in [1.54, 1.807) is 25.4 Å². The van der Waals surface area contributed by atoms with Gasteiger partial charge in [-0.15, -0.1) is 11.3 Å². The van der Waals surface area contributed by atoms with Gasteiger partial charge < -0.3 is 4.90 Å². The molecule has 11 heteroatoms. The number of ketones is 2. The number of halogens is 1. The van der Waals surface area contributed by atoms with E-state index in [1.807, 2.05) is 26.0 Å². The monoisotopic (exact) mass is 534 g/mol. The van der Waals surface area contributed by atoms with E-state index in [2.05, 4.69) is 20.1 Å². The van der Waals surface area contributed by atoms with E-state index in [1.165, 1.54) is 27.8 Å². The molecular weight excluding hydrogens is 507 g/mol. The van der Waals surface area contributed by atoms with E-state index in [0.29, 0.717) is 21.7 Å². The number of hydrogen-bond donors (Lipinski definition) is 0. The number of aromatic nitrogens is 5. The number of amides is 1. The second-order valence-electron chi connectivity index (χ2n) is 9.60. The quantitative estimate of drug-likeness (QED) is 0.331. The molecule has 0 bridgehead atoms. The van der Waals surface area contributed by atoms with Crippen molar-refractivity contribution in [1.82, 2.24) is 29.6 Å². The number of fused-ring (bicyclic) bond motifs is 1. The highest BCUT2D eigenvalue weighted by Gasteiger charge is 2.40. The van der Waals surface area contributed by atoms with Gasteiger partial charge in [-0.2, -0.15) is 5.10 Å². The Balaban J connectivity index is 1.41. The summed E-state index contributed by atoms with van der Waals surface area (Å²) in [5, 5.41) is 5.68. The lowest BCUT2D eigenvalue weighted by atomic mass is 10.0. The number of alkyl halides is 1. The highest BCUT2D eigenvalue weighted by atomic mass is 32.1. The molecule has 4 aromatic rings. The largest absolute Gasteiger partial charge is 0.328 e. The number of rotatable bonds is 7. The lowest BCUT2D eigenvalue weighted by molar-refractivity contribution is -0.138. The molecule has 0 saturated carbocycles. The second kappa shape index (κ2) is 10.1. The zero-order chi connectivity index (χ0) is 27.1. The number of thiazole rings is 1. The molecule has 5 rings (SSSR count). The van der Waals surface area contributed by atoms with Crippen LogP contribution in [-0.4, -0.2) is 65.9 Å². The molecule has 0 N–H and O–H groups in total. The number of carbonyl (C=O) groups excluding carboxylic acids is 3. The molecule has 2 atom stereocenters. The second-order valence-corrected chi connectivity index (χ2v) is 10.9. The Morgan fingerprint density at radius 1 is 1.11 bits per heavy atom. The van der Waals surface area contributed by atoms with Crippen LogP contribution >= 0.6 is 11.3 Å². The Morgan fingerprint density at radius 3 is 2.50 bits per heavy atom. The van der Waals surface area contributed by atoms with Crippen molar-refractivity contribution in [2.24, 2.45) is 0 Å². The van der Waals surface area contributed by atoms with Crippen LogP contribution < -0.4 is 0 Å². The molecule has 9 nitrogen and oxygen atoms in total. The Labute approximate surface area is 222 Å². The zero-order valence-corrected chi connectivity index (χ0v) is 22.4. The number of likely N-dealkylation sites (tertiary alicyclic amines) is 1. The molecule has 1 aliphatic rings. The molecule has 1 fully saturated rings. The third-order valence-corrected chi connectivity index (χ3v) is 7.90. The molecule has 38 heavy (non-hydrogen) atoms. The first kappa shape index (κ1) is 25.8. The molecule has 3 aromatic heterocycles. The smallest absolute Gasteiger partial charge is 0.245 e. The summed E-state index contributed by atoms with van der Waals surface area (Å²) in [6.07, 6.45) is 2.16. The highest BCUT2D eigenvalue weighted by molar-refractivity contribution is 7.11. The van der Waals surface area contributed by atoms with Crippen LogP contribution in [0.4, 0.5) is 4.39 Å². The minimum Gasteiger partial charge on any atom is -0.328 e. The number of hydrogen-bond acceptors (Lipinski definition) is 8. The number of Topliss-reactive ketones (excluding diaryl/α,β-unsaturated/α-hetero) is 2. The number of carbonyl (C=O) groups is 3. The van der Waals surface area contributed by atoms with Gasteiger partial charge in [0.05, 0.1) is 30.2 Å². The summed E-state index contributed by atoms with van der Waals surface area (Å²) in [4.78, 5) is 54.0. The van der Waals surface area contributed by atoms with E-state index in [4.69, 9.17) is 0 Å². The molecule has 0 spiro atoms. The predicted octanol–water partition coefficient (Wildman–Crippen LogP) is 3.83. The van der Waals surface area contributed by atoms with Crippen LogP contribution in [0.25, 0.3) is 22.0 Å². The summed E-state index contributed by atoms with van der Waals surface area (Å²) in [6.45, 7) is 6.66. The van der Waals surface area contributed by atoms with Crippen molar-refractivity contribution in [2.45, 2.75) is 59.3 Å². The maximum absolute atomic E-state index is 14.4. The van der Waals surface area contributed by atoms with Gasteiger partial charge in [0.2, 0.25) is 5.91 Å². The maximum Gasteiger partial charge on any atom is 0.245 e. The zero-order valence-electron chi connectivity index (χ0n) is 21.6. The molecule has 0 radical (unpaired) electrons. The van der Waals surface area contributed by atoms with Gasteiger partial charge >= 0.3 is 0 Å². The van der Waals surface area contributed by atoms with Gasteiger partial charge in [0.25, 0.3) is 0 Å². The summed E-state index contributed by atoms with van der Waals surface area (Å²) in [5.74, 6) is -0.250. The molecule has 4 heterocycles. The summed E-state index contributed by atoms with van der Waals surface area (Å²) in [5.41, 5.74) is 3.28. The summed E-state index contributed by atoms with van der Waals surface area (Å²) >= 11 is 1.44. The van der Waals surface area contributed by atoms with Gasteiger partial charge in [0.1, 0.15) is 29.2 Å². The first-order valence-corrected chi connectivity index (χ1v) is 13.1. The Kier molecular flexibility index (Phi) is 6.87. The standard InChI is InChI=1S/C27H27FN6O3S/c1-14-16(3)38-25(31-14)9-24(36)23-8-20(28)12-33(23)26(37)13-34-22-6-5-18(19-10-29-17(4)30-11-19)7-21(22)27(32-34)15(2)35/h5-7,10-11,20,23H,8-9,12-13H2,1-4H3/t20-,23+/m1/s1. The highest BCUT2D eigenvalue weighted by Crippen LogP contribution is 2.28. The van der Waals surface area contributed by atoms with Crippen molar-refractivity contribution in [3.8, 4) is 11.1 Å². The third-order valence-electron chi connectivity index (χ3n) is 6.82. The maximum atomic E-state index is 14.4. The van der Waals surface area contributed by atoms with Crippen molar-refractivity contribution in [1.29, 1.82) is 0 Å². The number of nitrogens with zero attached hydrogens (tertiary/aromatic N) is 6. The van der Waals surface area contributed by atoms with Crippen LogP contribution in [-0.2, 0) is 22.6 Å². The van der Waals surface area contributed by atoms with Gasteiger partial charge in [-0.25, -0.2) is 19.3 Å². The molecule has 1 aromatic carbocycles. The number of aryl methyl sites for hydroxylation is 3. The Morgan fingerprint density at radius 2 is 1.84 bits per heavy atom. The van der Waals surface area contributed by atoms with E-state index < -0.39 is 18.1 Å². The summed E-state index contributed by atoms with van der Waals surface area (Å²) in [7, 11) is 0. The van der Waals surface area contributed by atoms with E-state index in [0.717, 1.165) is 21.7 Å². The van der Waals surface area contributed by atoms with Crippen LogP contribution in [0.1, 0.15) is 45.2 Å². The minimum atomic E-state index is -1.28. The fraction of sp³-hybridized carbons (Fsp3) is 0.370. The van der Waals surface area contributed by atoms with Crippen LogP contribution in [0.2, 0.25) is 0 Å². The lowest BCUT2D eigenvalue weighted by Crippen LogP contribution is -2.43. The first-order chi connectivity index (χ1) is 18.1. The average Bonchev–Trinajstić information content (AvgIpc) is 3.54. The van der Waals surface area contributed by atoms with E-state index in [-0.39, 0.29) is 43.2 Å². The molecule has 0 unspecified atom stereocenters. The van der Waals surface area contributed by atoms with E-state index >= 15 is 0 Å². The molecule has 1 saturated heterocycles. The lowest BCUT2D eigenvalue weighted by Gasteiger charge is -2.23. The van der Waals surface area contributed by atoms with Crippen molar-refractivity contribution in [3.05, 3.63) is 57.7 Å². The molecule has 1 aliphatic heterocycles. The van der Waals surface area contributed by atoms with Crippen LogP contribution in [0.5, 0.6) is 0 Å². The summed E-state index contributed by atoms with van der Waals surface area (Å²) < 4.78 is 15.9. The fourth-order valence-electron chi connectivity index (χ4n) is 4.75. The van der Waals surface area contributed by atoms with Crippen LogP contribution in [0, 0.1) is 20.8 Å². The fourth-order valence-corrected chi connectivity index (χ4v) is 5.69. The van der Waals surface area contributed by atoms with Gasteiger partial charge in [0, 0.05) is 41.6 Å². The van der Waals surface area contributed by atoms with Crippen LogP contribution in [0.3, 0.4) is 0 Å². The SMILES string of the molecule is CC(=O)c1nn(CC(=O)N2C[C@H](F)C[C@H]2C(=O)Cc2nc(C)c(C)s2)c2ccc(-c3cnc(C)nc3)cc12. The van der Waals surface area contributed by atoms with Crippen molar-refractivity contribution < 1.29 is 18.8 Å². The van der Waals surface area contributed by atoms with Crippen LogP contribution in [0.15, 0.2) is 30.6 Å². The summed E-state index contributed by atoms with van der Waals surface area (Å²) in [6, 6.07) is 4.60. The van der Waals surface area contributed by atoms with Crippen molar-refractivity contribution in [2.75, 3.05) is 6.54 Å².